The lowest BCUT2D eigenvalue weighted by Crippen LogP contribution is -2.24. The maximum absolute atomic E-state index is 12.2. The number of hydrogen-bond acceptors (Lipinski definition) is 7. The second-order valence-corrected chi connectivity index (χ2v) is 8.18. The zero-order valence-corrected chi connectivity index (χ0v) is 19.4. The number of amides is 1. The van der Waals surface area contributed by atoms with Gasteiger partial charge in [0.2, 0.25) is 11.8 Å². The van der Waals surface area contributed by atoms with Crippen molar-refractivity contribution in [3.8, 4) is 11.6 Å². The highest BCUT2D eigenvalue weighted by molar-refractivity contribution is 7.99. The first-order valence-electron chi connectivity index (χ1n) is 10.8. The third kappa shape index (κ3) is 5.90. The number of rotatable bonds is 10. The molecule has 4 rings (SSSR count). The van der Waals surface area contributed by atoms with E-state index in [1.165, 1.54) is 28.6 Å². The first-order valence-corrected chi connectivity index (χ1v) is 11.8. The number of carbonyl (C=O) groups excluding carboxylic acids is 1. The number of aromatic nitrogens is 5. The predicted molar refractivity (Wildman–Crippen MR) is 129 cm³/mol. The SMILES string of the molecule is CCn1c(COc2ccc(=O)n(-c3ccccc3)n2)nnc1SCC(=O)NCc1ccccc1. The first-order chi connectivity index (χ1) is 16.6. The van der Waals surface area contributed by atoms with Gasteiger partial charge in [0.05, 0.1) is 11.4 Å². The van der Waals surface area contributed by atoms with Gasteiger partial charge in [0.1, 0.15) is 6.61 Å². The lowest BCUT2D eigenvalue weighted by molar-refractivity contribution is -0.118. The van der Waals surface area contributed by atoms with Crippen LogP contribution in [0.25, 0.3) is 5.69 Å². The molecule has 174 valence electrons. The number of benzene rings is 2. The quantitative estimate of drug-likeness (QED) is 0.351. The van der Waals surface area contributed by atoms with Crippen molar-refractivity contribution < 1.29 is 9.53 Å². The van der Waals surface area contributed by atoms with Gasteiger partial charge in [0.25, 0.3) is 5.56 Å². The van der Waals surface area contributed by atoms with Gasteiger partial charge in [-0.3, -0.25) is 9.59 Å². The van der Waals surface area contributed by atoms with Gasteiger partial charge in [0, 0.05) is 25.2 Å². The molecule has 0 aliphatic rings. The molecule has 0 atom stereocenters. The molecule has 1 amide bonds. The van der Waals surface area contributed by atoms with E-state index < -0.39 is 0 Å². The first kappa shape index (κ1) is 23.2. The molecule has 0 saturated heterocycles. The number of thioether (sulfide) groups is 1. The normalized spacial score (nSPS) is 10.7. The Morgan fingerprint density at radius 2 is 1.74 bits per heavy atom. The second kappa shape index (κ2) is 11.3. The zero-order valence-electron chi connectivity index (χ0n) is 18.6. The molecule has 0 spiro atoms. The molecule has 2 heterocycles. The summed E-state index contributed by atoms with van der Waals surface area (Å²) in [7, 11) is 0. The van der Waals surface area contributed by atoms with Crippen molar-refractivity contribution in [3.63, 3.8) is 0 Å². The Kier molecular flexibility index (Phi) is 7.71. The van der Waals surface area contributed by atoms with Gasteiger partial charge >= 0.3 is 0 Å². The Hall–Kier alpha value is -3.92. The van der Waals surface area contributed by atoms with E-state index in [2.05, 4.69) is 20.6 Å². The molecule has 0 saturated carbocycles. The van der Waals surface area contributed by atoms with E-state index in [0.717, 1.165) is 5.56 Å². The molecular formula is C24H24N6O3S. The summed E-state index contributed by atoms with van der Waals surface area (Å²) < 4.78 is 8.97. The smallest absolute Gasteiger partial charge is 0.271 e. The summed E-state index contributed by atoms with van der Waals surface area (Å²) >= 11 is 1.32. The number of para-hydroxylation sites is 1. The molecule has 0 radical (unpaired) electrons. The zero-order chi connectivity index (χ0) is 23.8. The third-order valence-electron chi connectivity index (χ3n) is 4.90. The fourth-order valence-corrected chi connectivity index (χ4v) is 4.04. The minimum absolute atomic E-state index is 0.0790. The van der Waals surface area contributed by atoms with Crippen molar-refractivity contribution in [2.24, 2.45) is 0 Å². The summed E-state index contributed by atoms with van der Waals surface area (Å²) in [5.41, 5.74) is 1.45. The third-order valence-corrected chi connectivity index (χ3v) is 5.87. The van der Waals surface area contributed by atoms with E-state index in [0.29, 0.717) is 35.6 Å². The van der Waals surface area contributed by atoms with E-state index in [1.807, 2.05) is 60.0 Å². The van der Waals surface area contributed by atoms with E-state index >= 15 is 0 Å². The van der Waals surface area contributed by atoms with E-state index in [4.69, 9.17) is 4.74 Å². The van der Waals surface area contributed by atoms with Crippen LogP contribution in [-0.2, 0) is 24.5 Å². The topological polar surface area (TPSA) is 104 Å². The maximum atomic E-state index is 12.2. The van der Waals surface area contributed by atoms with Gasteiger partial charge in [-0.25, -0.2) is 0 Å². The van der Waals surface area contributed by atoms with Gasteiger partial charge in [0.15, 0.2) is 11.0 Å². The van der Waals surface area contributed by atoms with Gasteiger partial charge < -0.3 is 14.6 Å². The predicted octanol–water partition coefficient (Wildman–Crippen LogP) is 2.83. The maximum Gasteiger partial charge on any atom is 0.271 e. The van der Waals surface area contributed by atoms with Crippen LogP contribution < -0.4 is 15.6 Å². The molecule has 0 bridgehead atoms. The summed E-state index contributed by atoms with van der Waals surface area (Å²) in [4.78, 5) is 24.4. The number of nitrogens with zero attached hydrogens (tertiary/aromatic N) is 5. The van der Waals surface area contributed by atoms with Crippen LogP contribution in [0.4, 0.5) is 0 Å². The molecule has 0 fully saturated rings. The summed E-state index contributed by atoms with van der Waals surface area (Å²) in [6, 6.07) is 21.8. The molecule has 2 aromatic carbocycles. The molecule has 0 aliphatic carbocycles. The van der Waals surface area contributed by atoms with Crippen LogP contribution in [0, 0.1) is 0 Å². The summed E-state index contributed by atoms with van der Waals surface area (Å²) in [5, 5.41) is 16.3. The van der Waals surface area contributed by atoms with Crippen molar-refractivity contribution in [1.82, 2.24) is 29.9 Å². The monoisotopic (exact) mass is 476 g/mol. The number of nitrogens with one attached hydrogen (secondary N) is 1. The second-order valence-electron chi connectivity index (χ2n) is 7.24. The largest absolute Gasteiger partial charge is 0.468 e. The lowest BCUT2D eigenvalue weighted by Gasteiger charge is -2.10. The molecule has 1 N–H and O–H groups in total. The highest BCUT2D eigenvalue weighted by Crippen LogP contribution is 2.18. The van der Waals surface area contributed by atoms with Crippen LogP contribution in [0.15, 0.2) is 82.7 Å². The Morgan fingerprint density at radius 3 is 2.47 bits per heavy atom. The van der Waals surface area contributed by atoms with Crippen LogP contribution in [0.5, 0.6) is 5.88 Å². The van der Waals surface area contributed by atoms with E-state index in [9.17, 15) is 9.59 Å². The molecule has 2 aromatic heterocycles. The Bertz CT molecular complexity index is 1290. The Labute approximate surface area is 200 Å². The van der Waals surface area contributed by atoms with Crippen molar-refractivity contribution >= 4 is 17.7 Å². The minimum Gasteiger partial charge on any atom is -0.468 e. The fraction of sp³-hybridized carbons (Fsp3) is 0.208. The number of hydrogen-bond donors (Lipinski definition) is 1. The molecule has 4 aromatic rings. The minimum atomic E-state index is -0.250. The summed E-state index contributed by atoms with van der Waals surface area (Å²) in [6.45, 7) is 3.20. The molecular weight excluding hydrogens is 452 g/mol. The van der Waals surface area contributed by atoms with Crippen molar-refractivity contribution in [3.05, 3.63) is 94.5 Å². The highest BCUT2D eigenvalue weighted by Gasteiger charge is 2.14. The number of carbonyl (C=O) groups is 1. The molecule has 10 heteroatoms. The summed E-state index contributed by atoms with van der Waals surface area (Å²) in [6.07, 6.45) is 0. The van der Waals surface area contributed by atoms with Crippen molar-refractivity contribution in [2.45, 2.75) is 31.8 Å². The standard InChI is InChI=1S/C24H24N6O3S/c1-2-29-20(16-33-22-13-14-23(32)30(28-22)19-11-7-4-8-12-19)26-27-24(29)34-17-21(31)25-15-18-9-5-3-6-10-18/h3-14H,2,15-17H2,1H3,(H,25,31). The van der Waals surface area contributed by atoms with Gasteiger partial charge in [-0.15, -0.1) is 15.3 Å². The van der Waals surface area contributed by atoms with Crippen molar-refractivity contribution in [2.75, 3.05) is 5.75 Å². The van der Waals surface area contributed by atoms with Crippen LogP contribution in [0.2, 0.25) is 0 Å². The highest BCUT2D eigenvalue weighted by atomic mass is 32.2. The van der Waals surface area contributed by atoms with Gasteiger partial charge in [-0.05, 0) is 24.6 Å². The van der Waals surface area contributed by atoms with Gasteiger partial charge in [-0.2, -0.15) is 4.68 Å². The molecule has 0 aliphatic heterocycles. The molecule has 34 heavy (non-hydrogen) atoms. The van der Waals surface area contributed by atoms with Crippen LogP contribution in [0.3, 0.4) is 0 Å². The summed E-state index contributed by atoms with van der Waals surface area (Å²) in [5.74, 6) is 1.05. The van der Waals surface area contributed by atoms with E-state index in [-0.39, 0.29) is 23.8 Å². The Balaban J connectivity index is 1.35. The van der Waals surface area contributed by atoms with Crippen LogP contribution >= 0.6 is 11.8 Å². The molecule has 9 nitrogen and oxygen atoms in total. The lowest BCUT2D eigenvalue weighted by atomic mass is 10.2. The molecule has 0 unspecified atom stereocenters. The van der Waals surface area contributed by atoms with Crippen LogP contribution in [-0.4, -0.2) is 36.2 Å². The van der Waals surface area contributed by atoms with E-state index in [1.54, 1.807) is 12.1 Å². The van der Waals surface area contributed by atoms with Crippen molar-refractivity contribution in [1.29, 1.82) is 0 Å². The Morgan fingerprint density at radius 1 is 1.00 bits per heavy atom. The van der Waals surface area contributed by atoms with Crippen LogP contribution in [0.1, 0.15) is 18.3 Å². The average Bonchev–Trinajstić information content (AvgIpc) is 3.28. The van der Waals surface area contributed by atoms with Gasteiger partial charge in [-0.1, -0.05) is 60.3 Å². The fourth-order valence-electron chi connectivity index (χ4n) is 3.19. The number of ether oxygens (including phenoxy) is 1. The average molecular weight is 477 g/mol.